The summed E-state index contributed by atoms with van der Waals surface area (Å²) in [6.07, 6.45) is 0. The van der Waals surface area contributed by atoms with Gasteiger partial charge in [0.15, 0.2) is 0 Å². The first kappa shape index (κ1) is 19.1. The third-order valence-corrected chi connectivity index (χ3v) is 5.46. The number of carbonyl (C=O) groups excluding carboxylic acids is 2. The number of esters is 1. The Labute approximate surface area is 169 Å². The summed E-state index contributed by atoms with van der Waals surface area (Å²) in [6.45, 7) is 3.70. The topological polar surface area (TPSA) is 67.7 Å². The molecule has 0 aliphatic carbocycles. The van der Waals surface area contributed by atoms with E-state index in [0.717, 1.165) is 36.5 Å². The van der Waals surface area contributed by atoms with Crippen LogP contribution >= 0.6 is 0 Å². The van der Waals surface area contributed by atoms with E-state index < -0.39 is 5.97 Å². The number of fused-ring (bicyclic) bond motifs is 1. The zero-order chi connectivity index (χ0) is 20.4. The molecule has 7 nitrogen and oxygen atoms in total. The number of benzene rings is 2. The van der Waals surface area contributed by atoms with E-state index in [1.807, 2.05) is 30.1 Å². The molecule has 1 aliphatic rings. The van der Waals surface area contributed by atoms with Gasteiger partial charge in [0.05, 0.1) is 30.3 Å². The standard InChI is InChI=1S/C22H24N4O3/c1-24-19-6-4-3-5-18(19)23-20(24)15-25-11-13-26(14-12-25)21(27)16-7-9-17(10-8-16)22(28)29-2/h3-10H,11-15H2,1-2H3. The molecule has 1 saturated heterocycles. The normalized spacial score (nSPS) is 14.9. The summed E-state index contributed by atoms with van der Waals surface area (Å²) in [4.78, 5) is 33.2. The van der Waals surface area contributed by atoms with E-state index >= 15 is 0 Å². The Bertz CT molecular complexity index is 1030. The van der Waals surface area contributed by atoms with E-state index in [4.69, 9.17) is 9.72 Å². The maximum atomic E-state index is 12.8. The number of piperazine rings is 1. The van der Waals surface area contributed by atoms with Crippen LogP contribution in [0.15, 0.2) is 48.5 Å². The largest absolute Gasteiger partial charge is 0.465 e. The lowest BCUT2D eigenvalue weighted by molar-refractivity contribution is 0.0595. The fourth-order valence-electron chi connectivity index (χ4n) is 3.70. The van der Waals surface area contributed by atoms with E-state index in [-0.39, 0.29) is 5.91 Å². The minimum atomic E-state index is -0.403. The van der Waals surface area contributed by atoms with Gasteiger partial charge in [0.25, 0.3) is 5.91 Å². The van der Waals surface area contributed by atoms with Crippen LogP contribution in [0.4, 0.5) is 0 Å². The third kappa shape index (κ3) is 3.86. The SMILES string of the molecule is COC(=O)c1ccc(C(=O)N2CCN(Cc3nc4ccccc4n3C)CC2)cc1. The monoisotopic (exact) mass is 392 g/mol. The number of hydrogen-bond acceptors (Lipinski definition) is 5. The lowest BCUT2D eigenvalue weighted by Gasteiger charge is -2.34. The van der Waals surface area contributed by atoms with Gasteiger partial charge in [0.2, 0.25) is 0 Å². The summed E-state index contributed by atoms with van der Waals surface area (Å²) in [6, 6.07) is 14.7. The maximum Gasteiger partial charge on any atom is 0.337 e. The molecule has 2 aromatic carbocycles. The molecule has 1 fully saturated rings. The number of imidazole rings is 1. The van der Waals surface area contributed by atoms with Gasteiger partial charge in [0, 0.05) is 38.8 Å². The van der Waals surface area contributed by atoms with Crippen LogP contribution in [0.5, 0.6) is 0 Å². The zero-order valence-electron chi connectivity index (χ0n) is 16.7. The number of nitrogens with zero attached hydrogens (tertiary/aromatic N) is 4. The molecule has 0 spiro atoms. The summed E-state index contributed by atoms with van der Waals surface area (Å²) in [5.41, 5.74) is 3.17. The highest BCUT2D eigenvalue weighted by Crippen LogP contribution is 2.17. The van der Waals surface area contributed by atoms with Crippen LogP contribution in [-0.2, 0) is 18.3 Å². The molecule has 0 bridgehead atoms. The first-order valence-electron chi connectivity index (χ1n) is 9.67. The molecule has 1 aromatic heterocycles. The molecule has 2 heterocycles. The average Bonchev–Trinajstić information content (AvgIpc) is 3.09. The summed E-state index contributed by atoms with van der Waals surface area (Å²) in [5, 5.41) is 0. The number of methoxy groups -OCH3 is 1. The molecule has 3 aromatic rings. The summed E-state index contributed by atoms with van der Waals surface area (Å²) < 4.78 is 6.83. The number of amides is 1. The minimum absolute atomic E-state index is 0.0104. The maximum absolute atomic E-state index is 12.8. The van der Waals surface area contributed by atoms with Crippen molar-refractivity contribution in [3.63, 3.8) is 0 Å². The molecule has 1 amide bonds. The van der Waals surface area contributed by atoms with Crippen LogP contribution < -0.4 is 0 Å². The molecule has 0 N–H and O–H groups in total. The molecule has 0 radical (unpaired) electrons. The minimum Gasteiger partial charge on any atom is -0.465 e. The van der Waals surface area contributed by atoms with Crippen molar-refractivity contribution < 1.29 is 14.3 Å². The molecule has 29 heavy (non-hydrogen) atoms. The van der Waals surface area contributed by atoms with Gasteiger partial charge in [-0.3, -0.25) is 9.69 Å². The Morgan fingerprint density at radius 3 is 2.28 bits per heavy atom. The first-order valence-corrected chi connectivity index (χ1v) is 9.67. The van der Waals surface area contributed by atoms with Crippen LogP contribution in [0, 0.1) is 0 Å². The molecule has 7 heteroatoms. The number of hydrogen-bond donors (Lipinski definition) is 0. The molecule has 1 aliphatic heterocycles. The van der Waals surface area contributed by atoms with Crippen molar-refractivity contribution in [3.05, 3.63) is 65.5 Å². The van der Waals surface area contributed by atoms with Gasteiger partial charge in [-0.2, -0.15) is 0 Å². The molecule has 0 atom stereocenters. The van der Waals surface area contributed by atoms with E-state index in [1.54, 1.807) is 24.3 Å². The van der Waals surface area contributed by atoms with Gasteiger partial charge >= 0.3 is 5.97 Å². The Morgan fingerprint density at radius 2 is 1.62 bits per heavy atom. The van der Waals surface area contributed by atoms with E-state index in [0.29, 0.717) is 24.2 Å². The fraction of sp³-hybridized carbons (Fsp3) is 0.318. The van der Waals surface area contributed by atoms with E-state index in [2.05, 4.69) is 15.5 Å². The summed E-state index contributed by atoms with van der Waals surface area (Å²) in [5.74, 6) is 0.618. The van der Waals surface area contributed by atoms with Crippen LogP contribution in [-0.4, -0.2) is 64.5 Å². The smallest absolute Gasteiger partial charge is 0.337 e. The number of carbonyl (C=O) groups is 2. The number of ether oxygens (including phenoxy) is 1. The van der Waals surface area contributed by atoms with Crippen molar-refractivity contribution in [1.29, 1.82) is 0 Å². The number of para-hydroxylation sites is 2. The molecular formula is C22H24N4O3. The van der Waals surface area contributed by atoms with Crippen molar-refractivity contribution in [2.24, 2.45) is 7.05 Å². The fourth-order valence-corrected chi connectivity index (χ4v) is 3.70. The third-order valence-electron chi connectivity index (χ3n) is 5.46. The second kappa shape index (κ2) is 8.05. The second-order valence-electron chi connectivity index (χ2n) is 7.21. The van der Waals surface area contributed by atoms with Crippen LogP contribution in [0.3, 0.4) is 0 Å². The average molecular weight is 392 g/mol. The predicted molar refractivity (Wildman–Crippen MR) is 110 cm³/mol. The van der Waals surface area contributed by atoms with Crippen molar-refractivity contribution in [3.8, 4) is 0 Å². The Morgan fingerprint density at radius 1 is 0.966 bits per heavy atom. The van der Waals surface area contributed by atoms with Crippen molar-refractivity contribution >= 4 is 22.9 Å². The molecular weight excluding hydrogens is 368 g/mol. The molecule has 150 valence electrons. The van der Waals surface area contributed by atoms with Crippen molar-refractivity contribution in [1.82, 2.24) is 19.4 Å². The Balaban J connectivity index is 1.37. The van der Waals surface area contributed by atoms with Crippen LogP contribution in [0.1, 0.15) is 26.5 Å². The van der Waals surface area contributed by atoms with Gasteiger partial charge < -0.3 is 14.2 Å². The Kier molecular flexibility index (Phi) is 5.31. The quantitative estimate of drug-likeness (QED) is 0.638. The molecule has 0 saturated carbocycles. The number of aryl methyl sites for hydroxylation is 1. The number of aromatic nitrogens is 2. The molecule has 4 rings (SSSR count). The van der Waals surface area contributed by atoms with E-state index in [1.165, 1.54) is 7.11 Å². The van der Waals surface area contributed by atoms with Gasteiger partial charge in [0.1, 0.15) is 5.82 Å². The highest BCUT2D eigenvalue weighted by molar-refractivity contribution is 5.96. The lowest BCUT2D eigenvalue weighted by Crippen LogP contribution is -2.48. The first-order chi connectivity index (χ1) is 14.1. The summed E-state index contributed by atoms with van der Waals surface area (Å²) >= 11 is 0. The highest BCUT2D eigenvalue weighted by atomic mass is 16.5. The van der Waals surface area contributed by atoms with Crippen molar-refractivity contribution in [2.75, 3.05) is 33.3 Å². The van der Waals surface area contributed by atoms with Crippen LogP contribution in [0.25, 0.3) is 11.0 Å². The summed E-state index contributed by atoms with van der Waals surface area (Å²) in [7, 11) is 3.39. The number of rotatable bonds is 4. The van der Waals surface area contributed by atoms with Gasteiger partial charge in [-0.1, -0.05) is 12.1 Å². The van der Waals surface area contributed by atoms with Gasteiger partial charge in [-0.15, -0.1) is 0 Å². The lowest BCUT2D eigenvalue weighted by atomic mass is 10.1. The Hall–Kier alpha value is -3.19. The second-order valence-corrected chi connectivity index (χ2v) is 7.21. The zero-order valence-corrected chi connectivity index (χ0v) is 16.7. The van der Waals surface area contributed by atoms with Gasteiger partial charge in [-0.05, 0) is 36.4 Å². The van der Waals surface area contributed by atoms with E-state index in [9.17, 15) is 9.59 Å². The highest BCUT2D eigenvalue weighted by Gasteiger charge is 2.23. The molecule has 0 unspecified atom stereocenters. The van der Waals surface area contributed by atoms with Crippen molar-refractivity contribution in [2.45, 2.75) is 6.54 Å². The van der Waals surface area contributed by atoms with Gasteiger partial charge in [-0.25, -0.2) is 9.78 Å². The predicted octanol–water partition coefficient (Wildman–Crippen LogP) is 2.32. The van der Waals surface area contributed by atoms with Crippen LogP contribution in [0.2, 0.25) is 0 Å².